The standard InChI is InChI=1S/C23H23FN2O4S.C12H15NO6S.C11H13NO5S.C11H11NO5S.C11H11NO4S.C10H11NO3S.C10H9NO3S/c1-4-30-23(27)14-26-15(2)19(20-13-18(24)7-8-21(20)26)11-16-5-6-17-9-10-31(28,29)25(3)22(17)12-16;1-13(20(4,16)17)10-7-8(11(14)18-2)5-6-9(10)12(15)19-3;2*1-12-9-5-7(11(14)17-2)3-4-8(9)10(13)6-18(12,15)16;1-12-10-7-9(11(13)16-2)4-3-8(10)5-6-17(12,14)15;2*1-11-10-6-8(7-12)2-3-9(10)4-5-15(11,13)14/h5-10,12-13H,4,11,14H2,1-3H3;5-7H,1-4H3;3-5,10,13H,6H2,1-2H3;3-5H,6H2,1-2H3;3-7H,1-2H3;2-6,12H,7H2,1H3;2-7H,1H3. The molecule has 2 N–H and O–H groups in total. The minimum absolute atomic E-state index is 0.0353. The van der Waals surface area contributed by atoms with Crippen molar-refractivity contribution < 1.29 is 140 Å². The van der Waals surface area contributed by atoms with Gasteiger partial charge >= 0.3 is 35.8 Å². The molecule has 15 rings (SSSR count). The molecule has 0 spiro atoms. The van der Waals surface area contributed by atoms with E-state index in [4.69, 9.17) is 9.84 Å². The highest BCUT2D eigenvalue weighted by Crippen LogP contribution is 2.39. The number of methoxy groups -OCH3 is 5. The molecular formula is C88H93FN8O30S7. The molecule has 1 aromatic heterocycles. The second-order valence-corrected chi connectivity index (χ2v) is 43.0. The summed E-state index contributed by atoms with van der Waals surface area (Å²) < 4.78 is 215. The molecule has 134 heavy (non-hydrogen) atoms. The third kappa shape index (κ3) is 23.6. The number of aliphatic hydroxyl groups excluding tert-OH is 2. The van der Waals surface area contributed by atoms with Crippen molar-refractivity contribution in [3.05, 3.63) is 262 Å². The molecule has 0 bridgehead atoms. The minimum atomic E-state index is -3.64. The van der Waals surface area contributed by atoms with E-state index in [9.17, 15) is 107 Å². The van der Waals surface area contributed by atoms with Crippen molar-refractivity contribution in [2.24, 2.45) is 0 Å². The van der Waals surface area contributed by atoms with Crippen LogP contribution in [0.5, 0.6) is 0 Å². The van der Waals surface area contributed by atoms with E-state index in [0.29, 0.717) is 75.6 Å². The summed E-state index contributed by atoms with van der Waals surface area (Å²) in [6, 6.07) is 37.7. The monoisotopic (exact) mass is 1980 g/mol. The normalized spacial score (nSPS) is 16.2. The lowest BCUT2D eigenvalue weighted by Gasteiger charge is -2.30. The number of carbonyl (C=O) groups excluding carboxylic acids is 8. The highest BCUT2D eigenvalue weighted by molar-refractivity contribution is 7.97. The molecular weight excluding hydrogens is 1890 g/mol. The lowest BCUT2D eigenvalue weighted by molar-refractivity contribution is -0.143. The van der Waals surface area contributed by atoms with E-state index in [1.165, 1.54) is 189 Å². The van der Waals surface area contributed by atoms with E-state index in [2.05, 4.69) is 23.7 Å². The van der Waals surface area contributed by atoms with Crippen LogP contribution in [0.2, 0.25) is 0 Å². The number of aliphatic hydroxyl groups is 2. The summed E-state index contributed by atoms with van der Waals surface area (Å²) in [6.45, 7) is 3.88. The van der Waals surface area contributed by atoms with Gasteiger partial charge in [-0.2, -0.15) is 0 Å². The first-order valence-corrected chi connectivity index (χ1v) is 50.4. The predicted octanol–water partition coefficient (Wildman–Crippen LogP) is 8.77. The maximum atomic E-state index is 14.1. The van der Waals surface area contributed by atoms with Crippen LogP contribution in [0.15, 0.2) is 167 Å². The van der Waals surface area contributed by atoms with Gasteiger partial charge in [0.1, 0.15) is 24.4 Å². The molecule has 0 fully saturated rings. The van der Waals surface area contributed by atoms with Crippen LogP contribution in [0, 0.1) is 12.7 Å². The number of ether oxygens (including phenoxy) is 6. The van der Waals surface area contributed by atoms with E-state index < -0.39 is 118 Å². The molecule has 0 radical (unpaired) electrons. The van der Waals surface area contributed by atoms with Crippen LogP contribution in [-0.2, 0) is 123 Å². The van der Waals surface area contributed by atoms with Crippen LogP contribution in [0.25, 0.3) is 35.2 Å². The first-order chi connectivity index (χ1) is 62.7. The lowest BCUT2D eigenvalue weighted by atomic mass is 9.99. The summed E-state index contributed by atoms with van der Waals surface area (Å²) in [6.07, 6.45) is 7.24. The Morgan fingerprint density at radius 1 is 0.500 bits per heavy atom. The fraction of sp³-hybridized carbons (Fsp3) is 0.250. The maximum absolute atomic E-state index is 14.1. The van der Waals surface area contributed by atoms with Crippen LogP contribution in [0.1, 0.15) is 136 Å². The van der Waals surface area contributed by atoms with Crippen molar-refractivity contribution in [2.75, 3.05) is 139 Å². The largest absolute Gasteiger partial charge is 0.465 e. The van der Waals surface area contributed by atoms with E-state index >= 15 is 0 Å². The minimum Gasteiger partial charge on any atom is -0.465 e. The van der Waals surface area contributed by atoms with E-state index in [1.54, 1.807) is 73.7 Å². The molecule has 0 amide bonds. The number of hydrogen-bond acceptors (Lipinski definition) is 30. The van der Waals surface area contributed by atoms with Gasteiger partial charge in [-0.3, -0.25) is 44.5 Å². The quantitative estimate of drug-likeness (QED) is 0.0583. The molecule has 46 heteroatoms. The molecule has 38 nitrogen and oxygen atoms in total. The fourth-order valence-corrected chi connectivity index (χ4v) is 20.3. The molecule has 6 aliphatic heterocycles. The van der Waals surface area contributed by atoms with Gasteiger partial charge in [0.25, 0.3) is 40.1 Å². The number of rotatable bonds is 14. The molecule has 0 aliphatic carbocycles. The second-order valence-electron chi connectivity index (χ2n) is 29.5. The zero-order valence-electron chi connectivity index (χ0n) is 74.5. The Morgan fingerprint density at radius 3 is 1.38 bits per heavy atom. The second kappa shape index (κ2) is 42.2. The smallest absolute Gasteiger partial charge is 0.340 e. The number of aromatic nitrogens is 1. The van der Waals surface area contributed by atoms with Crippen molar-refractivity contribution in [1.82, 2.24) is 4.57 Å². The third-order valence-electron chi connectivity index (χ3n) is 21.4. The first kappa shape index (κ1) is 104. The van der Waals surface area contributed by atoms with Gasteiger partial charge in [0, 0.05) is 82.6 Å². The average molecular weight is 1990 g/mol. The first-order valence-electron chi connectivity index (χ1n) is 39.3. The molecule has 6 aliphatic rings. The van der Waals surface area contributed by atoms with E-state index in [0.717, 1.165) is 88.6 Å². The Labute approximate surface area is 773 Å². The number of hydrogen-bond donors (Lipinski definition) is 2. The number of aldehydes is 1. The SMILES string of the molecule is CCOC(=O)Cn1c(C)c(Cc2ccc3c(c2)N(C)S(=O)(=O)C=C3)c2cc(F)ccc21.CN1c2cc(C=O)ccc2C=CS1(=O)=O.CN1c2cc(CO)ccc2C=CS1(=O)=O.COC(=O)c1ccc(C(=O)OC)c(N(C)S(C)(=O)=O)c1.COC(=O)c1ccc2c(c1)N(C)S(=O)(=O)C=C2.COC(=O)c1ccc2c(c1)N(C)S(=O)(=O)CC2=O.COC(=O)c1ccc2c(c1)N(C)S(=O)(=O)CC2O. The molecule has 0 saturated carbocycles. The number of fused-ring (bicyclic) bond motifs is 7. The van der Waals surface area contributed by atoms with Gasteiger partial charge in [-0.25, -0.2) is 87.3 Å². The maximum Gasteiger partial charge on any atom is 0.340 e. The van der Waals surface area contributed by atoms with Crippen LogP contribution in [-0.4, -0.2) is 231 Å². The molecule has 1 unspecified atom stereocenters. The van der Waals surface area contributed by atoms with Gasteiger partial charge < -0.3 is 43.2 Å². The number of benzene rings is 8. The summed E-state index contributed by atoms with van der Waals surface area (Å²) >= 11 is 0. The Balaban J connectivity index is 0.000000178. The number of ketones is 1. The number of carbonyl (C=O) groups is 8. The van der Waals surface area contributed by atoms with Crippen LogP contribution >= 0.6 is 0 Å². The predicted molar refractivity (Wildman–Crippen MR) is 502 cm³/mol. The number of anilines is 7. The van der Waals surface area contributed by atoms with Gasteiger partial charge in [-0.1, -0.05) is 48.5 Å². The highest BCUT2D eigenvalue weighted by atomic mass is 32.2. The van der Waals surface area contributed by atoms with E-state index in [-0.39, 0.29) is 64.3 Å². The van der Waals surface area contributed by atoms with Gasteiger partial charge in [0.05, 0.1) is 156 Å². The summed E-state index contributed by atoms with van der Waals surface area (Å²) in [5.41, 5.74) is 12.2. The Hall–Kier alpha value is -13.5. The Morgan fingerprint density at radius 2 is 0.910 bits per heavy atom. The average Bonchev–Trinajstić information content (AvgIpc) is 1.47. The Bertz CT molecular complexity index is 7200. The molecule has 1 atom stereocenters. The summed E-state index contributed by atoms with van der Waals surface area (Å²) in [5, 5.41) is 24.1. The van der Waals surface area contributed by atoms with Crippen LogP contribution in [0.4, 0.5) is 44.2 Å². The summed E-state index contributed by atoms with van der Waals surface area (Å²) in [4.78, 5) is 91.6. The summed E-state index contributed by atoms with van der Waals surface area (Å²) in [7, 11) is -8.29. The van der Waals surface area contributed by atoms with Gasteiger partial charge in [-0.05, 0) is 181 Å². The number of nitrogens with zero attached hydrogens (tertiary/aromatic N) is 8. The number of sulfonamides is 7. The van der Waals surface area contributed by atoms with E-state index in [1.807, 2.05) is 29.7 Å². The van der Waals surface area contributed by atoms with Gasteiger partial charge in [-0.15, -0.1) is 0 Å². The zero-order valence-corrected chi connectivity index (χ0v) is 80.2. The molecule has 0 saturated heterocycles. The van der Waals surface area contributed by atoms with Crippen molar-refractivity contribution >= 4 is 193 Å². The van der Waals surface area contributed by atoms with Crippen molar-refractivity contribution in [2.45, 2.75) is 39.5 Å². The summed E-state index contributed by atoms with van der Waals surface area (Å²) in [5.74, 6) is -5.05. The van der Waals surface area contributed by atoms with Crippen LogP contribution < -0.4 is 30.1 Å². The topological polar surface area (TPSA) is 499 Å². The Kier molecular flexibility index (Phi) is 32.8. The molecule has 7 heterocycles. The lowest BCUT2D eigenvalue weighted by Crippen LogP contribution is -2.38. The van der Waals surface area contributed by atoms with Crippen molar-refractivity contribution in [1.29, 1.82) is 0 Å². The third-order valence-corrected chi connectivity index (χ3v) is 31.7. The van der Waals surface area contributed by atoms with Gasteiger partial charge in [0.15, 0.2) is 5.78 Å². The molecule has 9 aromatic rings. The highest BCUT2D eigenvalue weighted by Gasteiger charge is 2.36. The van der Waals surface area contributed by atoms with Gasteiger partial charge in [0.2, 0.25) is 30.1 Å². The van der Waals surface area contributed by atoms with Crippen molar-refractivity contribution in [3.63, 3.8) is 0 Å². The molecule has 714 valence electrons. The number of esters is 6. The number of Topliss-reactive ketones (excluding diaryl/α,β-unsaturated/α-hetero) is 1. The fourth-order valence-electron chi connectivity index (χ4n) is 13.7. The van der Waals surface area contributed by atoms with Crippen LogP contribution in [0.3, 0.4) is 0 Å². The van der Waals surface area contributed by atoms with Crippen molar-refractivity contribution in [3.8, 4) is 0 Å². The zero-order chi connectivity index (χ0) is 99.6. The number of halogens is 1. The molecule has 8 aromatic carbocycles.